The summed E-state index contributed by atoms with van der Waals surface area (Å²) in [5, 5.41) is 16.5. The third-order valence-corrected chi connectivity index (χ3v) is 5.35. The maximum Gasteiger partial charge on any atom is 0.321 e. The Bertz CT molecular complexity index is 712. The van der Waals surface area contributed by atoms with Crippen molar-refractivity contribution < 1.29 is 14.5 Å². The average molecular weight is 389 g/mol. The second-order valence-corrected chi connectivity index (χ2v) is 7.37. The molecule has 2 fully saturated rings. The molecule has 1 aromatic carbocycles. The summed E-state index contributed by atoms with van der Waals surface area (Å²) < 4.78 is 0. The van der Waals surface area contributed by atoms with E-state index in [4.69, 9.17) is 0 Å². The number of anilines is 1. The molecule has 1 heterocycles. The largest absolute Gasteiger partial charge is 0.363 e. The summed E-state index contributed by atoms with van der Waals surface area (Å²) in [6.07, 6.45) is 5.37. The number of nitro groups is 1. The molecule has 0 atom stereocenters. The van der Waals surface area contributed by atoms with Crippen LogP contribution in [0, 0.1) is 10.1 Å². The summed E-state index contributed by atoms with van der Waals surface area (Å²) in [4.78, 5) is 38.8. The number of piperazine rings is 1. The summed E-state index contributed by atoms with van der Waals surface area (Å²) in [5.74, 6) is -0.326. The van der Waals surface area contributed by atoms with E-state index in [9.17, 15) is 19.7 Å². The highest BCUT2D eigenvalue weighted by Gasteiger charge is 2.24. The zero-order chi connectivity index (χ0) is 19.9. The average Bonchev–Trinajstić information content (AvgIpc) is 2.69. The maximum absolute atomic E-state index is 12.1. The van der Waals surface area contributed by atoms with Crippen LogP contribution in [0.4, 0.5) is 16.2 Å². The summed E-state index contributed by atoms with van der Waals surface area (Å²) in [5.41, 5.74) is 0.691. The van der Waals surface area contributed by atoms with E-state index in [-0.39, 0.29) is 29.1 Å². The van der Waals surface area contributed by atoms with Gasteiger partial charge in [-0.05, 0) is 18.9 Å². The first-order valence-electron chi connectivity index (χ1n) is 9.84. The topological polar surface area (TPSA) is 108 Å². The summed E-state index contributed by atoms with van der Waals surface area (Å²) in [6, 6.07) is 6.42. The van der Waals surface area contributed by atoms with Crippen molar-refractivity contribution in [1.82, 2.24) is 15.5 Å². The molecule has 1 saturated carbocycles. The molecule has 1 aliphatic carbocycles. The van der Waals surface area contributed by atoms with Crippen LogP contribution >= 0.6 is 0 Å². The first-order chi connectivity index (χ1) is 13.5. The highest BCUT2D eigenvalue weighted by atomic mass is 16.6. The van der Waals surface area contributed by atoms with Crippen molar-refractivity contribution in [2.45, 2.75) is 38.1 Å². The van der Waals surface area contributed by atoms with Gasteiger partial charge in [-0.1, -0.05) is 31.4 Å². The normalized spacial score (nSPS) is 18.5. The van der Waals surface area contributed by atoms with Crippen molar-refractivity contribution >= 4 is 23.3 Å². The van der Waals surface area contributed by atoms with Crippen LogP contribution in [0.3, 0.4) is 0 Å². The van der Waals surface area contributed by atoms with Crippen LogP contribution in [0.1, 0.15) is 32.1 Å². The van der Waals surface area contributed by atoms with Gasteiger partial charge in [0.15, 0.2) is 0 Å². The fourth-order valence-electron chi connectivity index (χ4n) is 3.87. The number of para-hydroxylation sites is 2. The lowest BCUT2D eigenvalue weighted by molar-refractivity contribution is -0.384. The molecule has 28 heavy (non-hydrogen) atoms. The van der Waals surface area contributed by atoms with Gasteiger partial charge in [0.1, 0.15) is 5.69 Å². The van der Waals surface area contributed by atoms with E-state index in [0.29, 0.717) is 31.9 Å². The molecule has 3 amide bonds. The van der Waals surface area contributed by atoms with E-state index in [1.165, 1.54) is 12.5 Å². The molecule has 0 aromatic heterocycles. The van der Waals surface area contributed by atoms with Crippen molar-refractivity contribution in [3.8, 4) is 0 Å². The lowest BCUT2D eigenvalue weighted by Crippen LogP contribution is -2.52. The van der Waals surface area contributed by atoms with Gasteiger partial charge in [-0.2, -0.15) is 0 Å². The molecule has 0 unspecified atom stereocenters. The molecule has 1 aromatic rings. The summed E-state index contributed by atoms with van der Waals surface area (Å²) in [6.45, 7) is 2.52. The quantitative estimate of drug-likeness (QED) is 0.588. The lowest BCUT2D eigenvalue weighted by atomic mass is 9.96. The summed E-state index contributed by atoms with van der Waals surface area (Å²) >= 11 is 0. The molecule has 2 aliphatic rings. The van der Waals surface area contributed by atoms with E-state index < -0.39 is 6.03 Å². The first kappa shape index (κ1) is 20.1. The Morgan fingerprint density at radius 3 is 2.43 bits per heavy atom. The monoisotopic (exact) mass is 389 g/mol. The molecule has 9 heteroatoms. The molecule has 9 nitrogen and oxygen atoms in total. The van der Waals surface area contributed by atoms with Crippen LogP contribution in [0.15, 0.2) is 24.3 Å². The molecule has 1 aliphatic heterocycles. The first-order valence-corrected chi connectivity index (χ1v) is 9.84. The van der Waals surface area contributed by atoms with Crippen LogP contribution in [0.2, 0.25) is 0 Å². The number of carbonyl (C=O) groups is 2. The molecule has 0 spiro atoms. The number of hydrogen-bond donors (Lipinski definition) is 2. The minimum atomic E-state index is -0.421. The Balaban J connectivity index is 1.43. The van der Waals surface area contributed by atoms with Crippen molar-refractivity contribution in [3.05, 3.63) is 34.4 Å². The standard InChI is InChI=1S/C19H27N5O4/c25-18(21-19(26)20-15-6-2-1-3-7-15)14-22-10-12-23(13-11-22)16-8-4-5-9-17(16)24(27)28/h4-5,8-9,15H,1-3,6-7,10-14H2,(H2,20,21,25,26). The zero-order valence-corrected chi connectivity index (χ0v) is 15.9. The van der Waals surface area contributed by atoms with E-state index in [1.807, 2.05) is 9.80 Å². The van der Waals surface area contributed by atoms with E-state index in [0.717, 1.165) is 25.7 Å². The molecule has 3 rings (SSSR count). The molecule has 2 N–H and O–H groups in total. The number of urea groups is 1. The molecule has 1 saturated heterocycles. The second kappa shape index (κ2) is 9.50. The molecule has 0 radical (unpaired) electrons. The number of carbonyl (C=O) groups excluding carboxylic acids is 2. The second-order valence-electron chi connectivity index (χ2n) is 7.37. The van der Waals surface area contributed by atoms with Crippen LogP contribution in [-0.4, -0.2) is 60.5 Å². The highest BCUT2D eigenvalue weighted by Crippen LogP contribution is 2.28. The number of hydrogen-bond acceptors (Lipinski definition) is 6. The van der Waals surface area contributed by atoms with Crippen molar-refractivity contribution in [2.75, 3.05) is 37.6 Å². The smallest absolute Gasteiger partial charge is 0.321 e. The number of nitrogens with one attached hydrogen (secondary N) is 2. The lowest BCUT2D eigenvalue weighted by Gasteiger charge is -2.35. The van der Waals surface area contributed by atoms with Crippen LogP contribution < -0.4 is 15.5 Å². The van der Waals surface area contributed by atoms with Crippen LogP contribution in [0.5, 0.6) is 0 Å². The van der Waals surface area contributed by atoms with Gasteiger partial charge in [-0.25, -0.2) is 4.79 Å². The van der Waals surface area contributed by atoms with Gasteiger partial charge >= 0.3 is 6.03 Å². The number of imide groups is 1. The number of nitrogens with zero attached hydrogens (tertiary/aromatic N) is 3. The van der Waals surface area contributed by atoms with E-state index >= 15 is 0 Å². The Morgan fingerprint density at radius 1 is 1.07 bits per heavy atom. The minimum Gasteiger partial charge on any atom is -0.363 e. The third-order valence-electron chi connectivity index (χ3n) is 5.35. The Hall–Kier alpha value is -2.68. The van der Waals surface area contributed by atoms with Gasteiger partial charge in [-0.3, -0.25) is 25.1 Å². The van der Waals surface area contributed by atoms with Crippen molar-refractivity contribution in [1.29, 1.82) is 0 Å². The molecule has 152 valence electrons. The van der Waals surface area contributed by atoms with Gasteiger partial charge in [-0.15, -0.1) is 0 Å². The maximum atomic E-state index is 12.1. The zero-order valence-electron chi connectivity index (χ0n) is 15.9. The SMILES string of the molecule is O=C(CN1CCN(c2ccccc2[N+](=O)[O-])CC1)NC(=O)NC1CCCCC1. The minimum absolute atomic E-state index is 0.0908. The fourth-order valence-corrected chi connectivity index (χ4v) is 3.87. The summed E-state index contributed by atoms with van der Waals surface area (Å²) in [7, 11) is 0. The molecular weight excluding hydrogens is 362 g/mol. The molecular formula is C19H27N5O4. The van der Waals surface area contributed by atoms with E-state index in [1.54, 1.807) is 18.2 Å². The van der Waals surface area contributed by atoms with Crippen LogP contribution in [0.25, 0.3) is 0 Å². The van der Waals surface area contributed by atoms with Gasteiger partial charge in [0.2, 0.25) is 5.91 Å². The Morgan fingerprint density at radius 2 is 1.75 bits per heavy atom. The van der Waals surface area contributed by atoms with Gasteiger partial charge in [0.25, 0.3) is 5.69 Å². The van der Waals surface area contributed by atoms with Gasteiger partial charge < -0.3 is 10.2 Å². The predicted octanol–water partition coefficient (Wildman–Crippen LogP) is 1.88. The van der Waals surface area contributed by atoms with E-state index in [2.05, 4.69) is 10.6 Å². The molecule has 0 bridgehead atoms. The highest BCUT2D eigenvalue weighted by molar-refractivity contribution is 5.95. The van der Waals surface area contributed by atoms with Gasteiger partial charge in [0, 0.05) is 38.3 Å². The number of rotatable bonds is 5. The third kappa shape index (κ3) is 5.41. The van der Waals surface area contributed by atoms with Gasteiger partial charge in [0.05, 0.1) is 11.5 Å². The van der Waals surface area contributed by atoms with Crippen LogP contribution in [-0.2, 0) is 4.79 Å². The predicted molar refractivity (Wildman–Crippen MR) is 105 cm³/mol. The fraction of sp³-hybridized carbons (Fsp3) is 0.579. The number of amides is 3. The number of benzene rings is 1. The Labute approximate surface area is 164 Å². The van der Waals surface area contributed by atoms with Crippen molar-refractivity contribution in [2.24, 2.45) is 0 Å². The van der Waals surface area contributed by atoms with Crippen molar-refractivity contribution in [3.63, 3.8) is 0 Å². The number of nitro benzene ring substituents is 1. The Kier molecular flexibility index (Phi) is 6.80.